The molecule has 0 bridgehead atoms. The molecule has 4 heteroatoms. The summed E-state index contributed by atoms with van der Waals surface area (Å²) in [6.45, 7) is 1.72. The van der Waals surface area contributed by atoms with Crippen LogP contribution in [0.5, 0.6) is 0 Å². The summed E-state index contributed by atoms with van der Waals surface area (Å²) in [5.74, 6) is 1.79. The van der Waals surface area contributed by atoms with E-state index >= 15 is 0 Å². The zero-order valence-electron chi connectivity index (χ0n) is 11.1. The van der Waals surface area contributed by atoms with Gasteiger partial charge in [0.05, 0.1) is 19.1 Å². The van der Waals surface area contributed by atoms with Crippen LogP contribution in [0.1, 0.15) is 32.1 Å². The van der Waals surface area contributed by atoms with Gasteiger partial charge < -0.3 is 9.64 Å². The second-order valence-electron chi connectivity index (χ2n) is 5.36. The number of carbonyl (C=O) groups excluding carboxylic acids is 1. The minimum absolute atomic E-state index is 0.253. The van der Waals surface area contributed by atoms with Crippen molar-refractivity contribution in [3.63, 3.8) is 0 Å². The van der Waals surface area contributed by atoms with Crippen molar-refractivity contribution in [3.05, 3.63) is 0 Å². The molecule has 0 aromatic carbocycles. The summed E-state index contributed by atoms with van der Waals surface area (Å²) < 4.78 is 5.04. The van der Waals surface area contributed by atoms with E-state index in [-0.39, 0.29) is 11.8 Å². The third-order valence-corrected chi connectivity index (χ3v) is 4.31. The first-order valence-corrected chi connectivity index (χ1v) is 6.94. The monoisotopic (exact) mass is 250 g/mol. The Morgan fingerprint density at radius 3 is 2.56 bits per heavy atom. The van der Waals surface area contributed by atoms with Crippen molar-refractivity contribution in [3.8, 4) is 6.07 Å². The van der Waals surface area contributed by atoms with Crippen LogP contribution in [0.2, 0.25) is 0 Å². The standard InChI is InChI=1S/C14H22N2O2/c1-18-10-9-16(8-4-7-15)14(17)13-11-5-2-3-6-12(11)13/h11-13H,2-6,8-10H2,1H3. The molecule has 2 rings (SSSR count). The summed E-state index contributed by atoms with van der Waals surface area (Å²) in [6.07, 6.45) is 5.41. The van der Waals surface area contributed by atoms with E-state index in [1.807, 2.05) is 4.90 Å². The summed E-state index contributed by atoms with van der Waals surface area (Å²) >= 11 is 0. The smallest absolute Gasteiger partial charge is 0.226 e. The maximum Gasteiger partial charge on any atom is 0.226 e. The van der Waals surface area contributed by atoms with Crippen LogP contribution in [0.4, 0.5) is 0 Å². The van der Waals surface area contributed by atoms with Gasteiger partial charge >= 0.3 is 0 Å². The lowest BCUT2D eigenvalue weighted by molar-refractivity contribution is -0.133. The van der Waals surface area contributed by atoms with Crippen molar-refractivity contribution in [1.82, 2.24) is 4.90 Å². The highest BCUT2D eigenvalue weighted by Gasteiger charge is 2.55. The molecule has 2 atom stereocenters. The van der Waals surface area contributed by atoms with Gasteiger partial charge in [0.2, 0.25) is 5.91 Å². The average Bonchev–Trinajstić information content (AvgIpc) is 3.12. The number of nitriles is 1. The van der Waals surface area contributed by atoms with E-state index in [1.165, 1.54) is 25.7 Å². The summed E-state index contributed by atoms with van der Waals surface area (Å²) in [5, 5.41) is 8.66. The molecule has 100 valence electrons. The molecular formula is C14H22N2O2. The normalized spacial score (nSPS) is 29.2. The van der Waals surface area contributed by atoms with Gasteiger partial charge in [0, 0.05) is 26.1 Å². The van der Waals surface area contributed by atoms with Crippen LogP contribution in [0.15, 0.2) is 0 Å². The van der Waals surface area contributed by atoms with Crippen molar-refractivity contribution in [2.75, 3.05) is 26.8 Å². The summed E-state index contributed by atoms with van der Waals surface area (Å²) in [6, 6.07) is 2.12. The fourth-order valence-corrected chi connectivity index (χ4v) is 3.29. The third kappa shape index (κ3) is 2.84. The molecule has 0 saturated heterocycles. The van der Waals surface area contributed by atoms with Crippen LogP contribution in [0, 0.1) is 29.1 Å². The molecule has 2 aliphatic carbocycles. The van der Waals surface area contributed by atoms with Gasteiger partial charge in [-0.05, 0) is 24.7 Å². The van der Waals surface area contributed by atoms with E-state index < -0.39 is 0 Å². The van der Waals surface area contributed by atoms with Gasteiger partial charge in [-0.2, -0.15) is 5.26 Å². The number of rotatable bonds is 6. The summed E-state index contributed by atoms with van der Waals surface area (Å²) in [7, 11) is 1.64. The lowest BCUT2D eigenvalue weighted by Gasteiger charge is -2.21. The molecule has 2 aliphatic rings. The summed E-state index contributed by atoms with van der Waals surface area (Å²) in [5.41, 5.74) is 0. The van der Waals surface area contributed by atoms with Gasteiger partial charge in [0.15, 0.2) is 0 Å². The van der Waals surface area contributed by atoms with Crippen molar-refractivity contribution in [1.29, 1.82) is 5.26 Å². The van der Waals surface area contributed by atoms with E-state index in [4.69, 9.17) is 10.00 Å². The Morgan fingerprint density at radius 1 is 1.33 bits per heavy atom. The topological polar surface area (TPSA) is 53.3 Å². The summed E-state index contributed by atoms with van der Waals surface area (Å²) in [4.78, 5) is 14.3. The Hall–Kier alpha value is -1.08. The Balaban J connectivity index is 1.89. The molecule has 1 amide bonds. The van der Waals surface area contributed by atoms with Gasteiger partial charge in [-0.3, -0.25) is 4.79 Å². The molecule has 2 fully saturated rings. The number of hydrogen-bond donors (Lipinski definition) is 0. The van der Waals surface area contributed by atoms with Crippen molar-refractivity contribution < 1.29 is 9.53 Å². The molecule has 0 heterocycles. The van der Waals surface area contributed by atoms with Crippen molar-refractivity contribution in [2.24, 2.45) is 17.8 Å². The maximum absolute atomic E-state index is 12.4. The van der Waals surface area contributed by atoms with E-state index in [0.29, 0.717) is 38.0 Å². The van der Waals surface area contributed by atoms with Crippen LogP contribution < -0.4 is 0 Å². The molecule has 2 unspecified atom stereocenters. The zero-order chi connectivity index (χ0) is 13.0. The molecule has 0 aromatic rings. The van der Waals surface area contributed by atoms with Gasteiger partial charge in [0.25, 0.3) is 0 Å². The van der Waals surface area contributed by atoms with Gasteiger partial charge in [0.1, 0.15) is 0 Å². The predicted molar refractivity (Wildman–Crippen MR) is 67.6 cm³/mol. The SMILES string of the molecule is COCCN(CCC#N)C(=O)C1C2CCCCC21. The Kier molecular flexibility index (Phi) is 4.60. The van der Waals surface area contributed by atoms with E-state index in [1.54, 1.807) is 7.11 Å². The first-order chi connectivity index (χ1) is 8.79. The molecule has 0 spiro atoms. The first kappa shape index (κ1) is 13.4. The van der Waals surface area contributed by atoms with Crippen LogP contribution in [-0.2, 0) is 9.53 Å². The molecule has 4 nitrogen and oxygen atoms in total. The predicted octanol–water partition coefficient (Wildman–Crippen LogP) is 1.81. The maximum atomic E-state index is 12.4. The highest BCUT2D eigenvalue weighted by atomic mass is 16.5. The zero-order valence-corrected chi connectivity index (χ0v) is 11.1. The lowest BCUT2D eigenvalue weighted by Crippen LogP contribution is -2.36. The molecule has 0 aliphatic heterocycles. The fourth-order valence-electron chi connectivity index (χ4n) is 3.29. The van der Waals surface area contributed by atoms with Crippen LogP contribution in [0.3, 0.4) is 0 Å². The number of methoxy groups -OCH3 is 1. The lowest BCUT2D eigenvalue weighted by atomic mass is 10.0. The second-order valence-corrected chi connectivity index (χ2v) is 5.36. The number of amides is 1. The van der Waals surface area contributed by atoms with E-state index in [2.05, 4.69) is 6.07 Å². The molecule has 2 saturated carbocycles. The van der Waals surface area contributed by atoms with E-state index in [9.17, 15) is 4.79 Å². The highest BCUT2D eigenvalue weighted by molar-refractivity contribution is 5.82. The highest BCUT2D eigenvalue weighted by Crippen LogP contribution is 2.56. The Labute approximate surface area is 109 Å². The van der Waals surface area contributed by atoms with E-state index in [0.717, 1.165) is 0 Å². The molecule has 0 radical (unpaired) electrons. The molecule has 0 aromatic heterocycles. The Morgan fingerprint density at radius 2 is 2.00 bits per heavy atom. The number of nitrogens with zero attached hydrogens (tertiary/aromatic N) is 2. The van der Waals surface area contributed by atoms with Gasteiger partial charge in [-0.1, -0.05) is 12.8 Å². The van der Waals surface area contributed by atoms with Crippen LogP contribution in [-0.4, -0.2) is 37.6 Å². The minimum atomic E-state index is 0.253. The quantitative estimate of drug-likeness (QED) is 0.722. The fraction of sp³-hybridized carbons (Fsp3) is 0.857. The van der Waals surface area contributed by atoms with Crippen LogP contribution in [0.25, 0.3) is 0 Å². The molecule has 0 N–H and O–H groups in total. The first-order valence-electron chi connectivity index (χ1n) is 6.94. The average molecular weight is 250 g/mol. The Bertz CT molecular complexity index is 325. The van der Waals surface area contributed by atoms with Gasteiger partial charge in [-0.25, -0.2) is 0 Å². The van der Waals surface area contributed by atoms with Crippen molar-refractivity contribution in [2.45, 2.75) is 32.1 Å². The second kappa shape index (κ2) is 6.19. The van der Waals surface area contributed by atoms with Gasteiger partial charge in [-0.15, -0.1) is 0 Å². The number of ether oxygens (including phenoxy) is 1. The number of hydrogen-bond acceptors (Lipinski definition) is 3. The van der Waals surface area contributed by atoms with Crippen LogP contribution >= 0.6 is 0 Å². The minimum Gasteiger partial charge on any atom is -0.383 e. The number of carbonyl (C=O) groups is 1. The third-order valence-electron chi connectivity index (χ3n) is 4.31. The van der Waals surface area contributed by atoms with Crippen molar-refractivity contribution >= 4 is 5.91 Å². The molecule has 18 heavy (non-hydrogen) atoms. The molecular weight excluding hydrogens is 228 g/mol. The number of fused-ring (bicyclic) bond motifs is 1. The largest absolute Gasteiger partial charge is 0.383 e.